The maximum Gasteiger partial charge on any atom is 0.223 e. The van der Waals surface area contributed by atoms with Gasteiger partial charge in [-0.25, -0.2) is 0 Å². The Morgan fingerprint density at radius 3 is 2.78 bits per heavy atom. The normalized spacial score (nSPS) is 26.2. The molecule has 2 fully saturated rings. The van der Waals surface area contributed by atoms with Gasteiger partial charge in [0.25, 0.3) is 0 Å². The molecule has 3 N–H and O–H groups in total. The van der Waals surface area contributed by atoms with Gasteiger partial charge in [-0.2, -0.15) is 0 Å². The van der Waals surface area contributed by atoms with E-state index in [2.05, 4.69) is 10.6 Å². The lowest BCUT2D eigenvalue weighted by molar-refractivity contribution is -0.123. The van der Waals surface area contributed by atoms with E-state index < -0.39 is 0 Å². The van der Waals surface area contributed by atoms with E-state index in [9.17, 15) is 9.90 Å². The van der Waals surface area contributed by atoms with E-state index in [-0.39, 0.29) is 30.3 Å². The lowest BCUT2D eigenvalue weighted by Gasteiger charge is -2.23. The van der Waals surface area contributed by atoms with Crippen LogP contribution in [0.5, 0.6) is 0 Å². The quantitative estimate of drug-likeness (QED) is 0.704. The molecule has 5 heteroatoms. The fraction of sp³-hybridized carbons (Fsp3) is 0.923. The molecule has 1 saturated carbocycles. The van der Waals surface area contributed by atoms with Gasteiger partial charge in [0.05, 0.1) is 6.10 Å². The molecule has 0 aromatic heterocycles. The van der Waals surface area contributed by atoms with Crippen molar-refractivity contribution in [1.82, 2.24) is 10.6 Å². The van der Waals surface area contributed by atoms with Crippen LogP contribution < -0.4 is 10.6 Å². The van der Waals surface area contributed by atoms with Gasteiger partial charge < -0.3 is 15.7 Å². The molecule has 1 spiro atoms. The highest BCUT2D eigenvalue weighted by molar-refractivity contribution is 5.85. The smallest absolute Gasteiger partial charge is 0.223 e. The molecule has 106 valence electrons. The summed E-state index contributed by atoms with van der Waals surface area (Å²) in [7, 11) is 0. The molecule has 1 amide bonds. The predicted octanol–water partition coefficient (Wildman–Crippen LogP) is 1.08. The molecule has 0 radical (unpaired) electrons. The Bertz CT molecular complexity index is 280. The zero-order valence-electron chi connectivity index (χ0n) is 11.1. The summed E-state index contributed by atoms with van der Waals surface area (Å²) in [6.45, 7) is 4.54. The van der Waals surface area contributed by atoms with Crippen molar-refractivity contribution in [3.05, 3.63) is 0 Å². The van der Waals surface area contributed by atoms with Crippen molar-refractivity contribution in [3.8, 4) is 0 Å². The summed E-state index contributed by atoms with van der Waals surface area (Å²) in [6.07, 6.45) is 4.64. The fourth-order valence-electron chi connectivity index (χ4n) is 2.97. The van der Waals surface area contributed by atoms with Crippen molar-refractivity contribution < 1.29 is 9.90 Å². The second kappa shape index (κ2) is 6.73. The molecule has 2 atom stereocenters. The van der Waals surface area contributed by atoms with Crippen molar-refractivity contribution in [2.75, 3.05) is 19.6 Å². The summed E-state index contributed by atoms with van der Waals surface area (Å²) in [4.78, 5) is 11.9. The minimum absolute atomic E-state index is 0. The van der Waals surface area contributed by atoms with Gasteiger partial charge in [0.1, 0.15) is 0 Å². The highest BCUT2D eigenvalue weighted by atomic mass is 35.5. The predicted molar refractivity (Wildman–Crippen MR) is 73.8 cm³/mol. The number of hydrogen-bond acceptors (Lipinski definition) is 3. The Morgan fingerprint density at radius 2 is 2.17 bits per heavy atom. The molecule has 2 aliphatic rings. The second-order valence-electron chi connectivity index (χ2n) is 5.56. The summed E-state index contributed by atoms with van der Waals surface area (Å²) in [5, 5.41) is 15.8. The Labute approximate surface area is 115 Å². The van der Waals surface area contributed by atoms with Crippen LogP contribution in [-0.2, 0) is 4.79 Å². The number of carbonyl (C=O) groups is 1. The zero-order chi connectivity index (χ0) is 12.3. The van der Waals surface area contributed by atoms with E-state index in [1.165, 1.54) is 0 Å². The summed E-state index contributed by atoms with van der Waals surface area (Å²) < 4.78 is 0. The van der Waals surface area contributed by atoms with Crippen LogP contribution in [0.4, 0.5) is 0 Å². The van der Waals surface area contributed by atoms with Crippen LogP contribution >= 0.6 is 12.4 Å². The van der Waals surface area contributed by atoms with Crippen LogP contribution in [0.3, 0.4) is 0 Å². The number of nitrogens with one attached hydrogen (secondary N) is 2. The first kappa shape index (κ1) is 15.7. The molecule has 2 unspecified atom stereocenters. The van der Waals surface area contributed by atoms with E-state index >= 15 is 0 Å². The molecule has 0 aromatic carbocycles. The van der Waals surface area contributed by atoms with Gasteiger partial charge in [-0.1, -0.05) is 13.3 Å². The van der Waals surface area contributed by atoms with Gasteiger partial charge in [0, 0.05) is 12.5 Å². The SMILES string of the molecule is CCCC(O)CNC(=O)C1CC12CCNCC2.Cl. The average molecular weight is 277 g/mol. The third kappa shape index (κ3) is 3.59. The van der Waals surface area contributed by atoms with Crippen LogP contribution in [0.2, 0.25) is 0 Å². The number of amides is 1. The third-order valence-electron chi connectivity index (χ3n) is 4.24. The molecule has 4 nitrogen and oxygen atoms in total. The lowest BCUT2D eigenvalue weighted by Crippen LogP contribution is -2.36. The van der Waals surface area contributed by atoms with Crippen molar-refractivity contribution in [2.45, 2.75) is 45.1 Å². The molecule has 1 saturated heterocycles. The highest BCUT2D eigenvalue weighted by Gasteiger charge is 2.57. The molecule has 1 heterocycles. The average Bonchev–Trinajstić information content (AvgIpc) is 3.01. The molecule has 0 bridgehead atoms. The maximum absolute atomic E-state index is 11.9. The Morgan fingerprint density at radius 1 is 1.50 bits per heavy atom. The first-order valence-corrected chi connectivity index (χ1v) is 6.84. The topological polar surface area (TPSA) is 61.4 Å². The van der Waals surface area contributed by atoms with Gasteiger partial charge in [-0.3, -0.25) is 4.79 Å². The standard InChI is InChI=1S/C13H24N2O2.ClH/c1-2-3-10(16)9-15-12(17)11-8-13(11)4-6-14-7-5-13;/h10-11,14,16H,2-9H2,1H3,(H,15,17);1H. The fourth-order valence-corrected chi connectivity index (χ4v) is 2.97. The van der Waals surface area contributed by atoms with E-state index in [0.29, 0.717) is 12.0 Å². The van der Waals surface area contributed by atoms with Crippen LogP contribution in [0.1, 0.15) is 39.0 Å². The summed E-state index contributed by atoms with van der Waals surface area (Å²) in [5.41, 5.74) is 0.297. The number of hydrogen-bond donors (Lipinski definition) is 3. The largest absolute Gasteiger partial charge is 0.391 e. The van der Waals surface area contributed by atoms with E-state index in [1.54, 1.807) is 0 Å². The van der Waals surface area contributed by atoms with Crippen molar-refractivity contribution in [3.63, 3.8) is 0 Å². The number of piperidine rings is 1. The number of rotatable bonds is 5. The summed E-state index contributed by atoms with van der Waals surface area (Å²) in [5.74, 6) is 0.362. The number of aliphatic hydroxyl groups is 1. The first-order valence-electron chi connectivity index (χ1n) is 6.84. The van der Waals surface area contributed by atoms with Gasteiger partial charge in [0.2, 0.25) is 5.91 Å². The number of aliphatic hydroxyl groups excluding tert-OH is 1. The molecule has 2 rings (SSSR count). The maximum atomic E-state index is 11.9. The van der Waals surface area contributed by atoms with Crippen LogP contribution in [0.15, 0.2) is 0 Å². The van der Waals surface area contributed by atoms with E-state index in [1.807, 2.05) is 6.92 Å². The first-order chi connectivity index (χ1) is 8.18. The van der Waals surface area contributed by atoms with E-state index in [4.69, 9.17) is 0 Å². The number of carbonyl (C=O) groups excluding carboxylic acids is 1. The molecular formula is C13H25ClN2O2. The minimum Gasteiger partial charge on any atom is -0.391 e. The highest BCUT2D eigenvalue weighted by Crippen LogP contribution is 2.58. The van der Waals surface area contributed by atoms with Crippen molar-refractivity contribution in [2.24, 2.45) is 11.3 Å². The van der Waals surface area contributed by atoms with Gasteiger partial charge >= 0.3 is 0 Å². The van der Waals surface area contributed by atoms with Gasteiger partial charge in [0.15, 0.2) is 0 Å². The third-order valence-corrected chi connectivity index (χ3v) is 4.24. The molecule has 18 heavy (non-hydrogen) atoms. The summed E-state index contributed by atoms with van der Waals surface area (Å²) >= 11 is 0. The Balaban J connectivity index is 0.00000162. The van der Waals surface area contributed by atoms with Crippen LogP contribution in [-0.4, -0.2) is 36.8 Å². The second-order valence-corrected chi connectivity index (χ2v) is 5.56. The zero-order valence-corrected chi connectivity index (χ0v) is 11.9. The molecular weight excluding hydrogens is 252 g/mol. The van der Waals surface area contributed by atoms with Crippen LogP contribution in [0.25, 0.3) is 0 Å². The minimum atomic E-state index is -0.383. The van der Waals surface area contributed by atoms with Crippen molar-refractivity contribution in [1.29, 1.82) is 0 Å². The van der Waals surface area contributed by atoms with Crippen LogP contribution in [0, 0.1) is 11.3 Å². The monoisotopic (exact) mass is 276 g/mol. The van der Waals surface area contributed by atoms with Gasteiger partial charge in [-0.15, -0.1) is 12.4 Å². The van der Waals surface area contributed by atoms with E-state index in [0.717, 1.165) is 45.2 Å². The molecule has 1 aliphatic heterocycles. The van der Waals surface area contributed by atoms with Gasteiger partial charge in [-0.05, 0) is 44.2 Å². The Kier molecular flexibility index (Phi) is 5.89. The lowest BCUT2D eigenvalue weighted by atomic mass is 9.92. The molecule has 1 aliphatic carbocycles. The number of halogens is 1. The molecule has 0 aromatic rings. The van der Waals surface area contributed by atoms with Crippen molar-refractivity contribution >= 4 is 18.3 Å². The summed E-state index contributed by atoms with van der Waals surface area (Å²) in [6, 6.07) is 0. The Hall–Kier alpha value is -0.320.